The molecule has 0 bridgehead atoms. The number of ether oxygens (including phenoxy) is 1. The van der Waals surface area contributed by atoms with E-state index < -0.39 is 6.36 Å². The fourth-order valence-corrected chi connectivity index (χ4v) is 2.26. The lowest BCUT2D eigenvalue weighted by Crippen LogP contribution is -2.25. The van der Waals surface area contributed by atoms with Crippen LogP contribution in [0.3, 0.4) is 0 Å². The summed E-state index contributed by atoms with van der Waals surface area (Å²) < 4.78 is 39.6. The summed E-state index contributed by atoms with van der Waals surface area (Å²) in [7, 11) is 0. The standard InChI is InChI=1S/C11H11F3N2OS/c1-7-6-15-10(18-7)16-8-2-4-9(5-3-8)17-11(12,13)14/h2-6,10,15-16H,1H3. The molecule has 0 aromatic heterocycles. The lowest BCUT2D eigenvalue weighted by Gasteiger charge is -2.15. The maximum absolute atomic E-state index is 12.0. The Balaban J connectivity index is 1.92. The third-order valence-electron chi connectivity index (χ3n) is 2.13. The van der Waals surface area contributed by atoms with Crippen LogP contribution in [-0.2, 0) is 0 Å². The molecule has 0 spiro atoms. The minimum atomic E-state index is -4.65. The van der Waals surface area contributed by atoms with Crippen LogP contribution in [0.25, 0.3) is 0 Å². The van der Waals surface area contributed by atoms with Gasteiger partial charge in [0.2, 0.25) is 0 Å². The van der Waals surface area contributed by atoms with E-state index in [2.05, 4.69) is 15.4 Å². The van der Waals surface area contributed by atoms with Gasteiger partial charge in [0.15, 0.2) is 0 Å². The van der Waals surface area contributed by atoms with Crippen LogP contribution < -0.4 is 15.4 Å². The van der Waals surface area contributed by atoms with Gasteiger partial charge in [0.25, 0.3) is 0 Å². The second-order valence-electron chi connectivity index (χ2n) is 3.64. The Morgan fingerprint density at radius 1 is 1.28 bits per heavy atom. The van der Waals surface area contributed by atoms with Gasteiger partial charge in [-0.15, -0.1) is 13.2 Å². The minimum absolute atomic E-state index is 0.000570. The van der Waals surface area contributed by atoms with Crippen molar-refractivity contribution in [1.82, 2.24) is 5.32 Å². The number of allylic oxidation sites excluding steroid dienone is 1. The van der Waals surface area contributed by atoms with E-state index in [4.69, 9.17) is 0 Å². The molecule has 1 unspecified atom stereocenters. The van der Waals surface area contributed by atoms with Crippen molar-refractivity contribution in [2.75, 3.05) is 5.32 Å². The number of benzene rings is 1. The zero-order chi connectivity index (χ0) is 13.2. The average molecular weight is 276 g/mol. The summed E-state index contributed by atoms with van der Waals surface area (Å²) >= 11 is 1.60. The third-order valence-corrected chi connectivity index (χ3v) is 3.11. The summed E-state index contributed by atoms with van der Waals surface area (Å²) in [5, 5.41) is 6.21. The number of nitrogens with one attached hydrogen (secondary N) is 2. The second kappa shape index (κ2) is 5.01. The molecule has 1 aliphatic rings. The molecule has 7 heteroatoms. The fourth-order valence-electron chi connectivity index (χ4n) is 1.42. The molecule has 2 N–H and O–H groups in total. The van der Waals surface area contributed by atoms with Crippen molar-refractivity contribution in [3.05, 3.63) is 35.4 Å². The van der Waals surface area contributed by atoms with Crippen molar-refractivity contribution < 1.29 is 17.9 Å². The first-order chi connectivity index (χ1) is 8.42. The molecule has 1 aromatic carbocycles. The monoisotopic (exact) mass is 276 g/mol. The molecule has 2 rings (SSSR count). The molecule has 0 radical (unpaired) electrons. The first kappa shape index (κ1) is 12.9. The van der Waals surface area contributed by atoms with Gasteiger partial charge in [-0.05, 0) is 31.2 Å². The quantitative estimate of drug-likeness (QED) is 0.885. The summed E-state index contributed by atoms with van der Waals surface area (Å²) in [5.74, 6) is -0.227. The van der Waals surface area contributed by atoms with Crippen LogP contribution in [0, 0.1) is 0 Å². The Kier molecular flexibility index (Phi) is 3.60. The second-order valence-corrected chi connectivity index (χ2v) is 4.99. The Morgan fingerprint density at radius 2 is 1.94 bits per heavy atom. The lowest BCUT2D eigenvalue weighted by atomic mass is 10.3. The molecule has 18 heavy (non-hydrogen) atoms. The maximum atomic E-state index is 12.0. The van der Waals surface area contributed by atoms with E-state index in [0.717, 1.165) is 10.6 Å². The fraction of sp³-hybridized carbons (Fsp3) is 0.273. The summed E-state index contributed by atoms with van der Waals surface area (Å²) in [4.78, 5) is 1.14. The van der Waals surface area contributed by atoms with Gasteiger partial charge >= 0.3 is 6.36 Å². The van der Waals surface area contributed by atoms with E-state index in [1.54, 1.807) is 11.8 Å². The highest BCUT2D eigenvalue weighted by Gasteiger charge is 2.30. The van der Waals surface area contributed by atoms with Crippen LogP contribution in [0.2, 0.25) is 0 Å². The number of anilines is 1. The van der Waals surface area contributed by atoms with E-state index >= 15 is 0 Å². The molecular formula is C11H11F3N2OS. The molecule has 0 saturated heterocycles. The van der Waals surface area contributed by atoms with Crippen molar-refractivity contribution in [1.29, 1.82) is 0 Å². The molecule has 1 heterocycles. The van der Waals surface area contributed by atoms with Gasteiger partial charge < -0.3 is 15.4 Å². The van der Waals surface area contributed by atoms with Crippen LogP contribution >= 0.6 is 11.8 Å². The van der Waals surface area contributed by atoms with Crippen LogP contribution in [-0.4, -0.2) is 11.9 Å². The van der Waals surface area contributed by atoms with Gasteiger partial charge in [-0.25, -0.2) is 0 Å². The number of alkyl halides is 3. The highest BCUT2D eigenvalue weighted by Crippen LogP contribution is 2.27. The normalized spacial score (nSPS) is 19.1. The highest BCUT2D eigenvalue weighted by molar-refractivity contribution is 8.03. The molecule has 1 aromatic rings. The summed E-state index contributed by atoms with van der Waals surface area (Å²) in [6, 6.07) is 5.62. The minimum Gasteiger partial charge on any atom is -0.406 e. The number of hydrogen-bond acceptors (Lipinski definition) is 4. The van der Waals surface area contributed by atoms with Gasteiger partial charge in [0.05, 0.1) is 0 Å². The van der Waals surface area contributed by atoms with E-state index in [1.807, 2.05) is 13.1 Å². The van der Waals surface area contributed by atoms with Crippen LogP contribution in [0.15, 0.2) is 35.4 Å². The molecule has 1 atom stereocenters. The molecule has 98 valence electrons. The highest BCUT2D eigenvalue weighted by atomic mass is 32.2. The Labute approximate surface area is 106 Å². The largest absolute Gasteiger partial charge is 0.573 e. The maximum Gasteiger partial charge on any atom is 0.573 e. The summed E-state index contributed by atoms with van der Waals surface area (Å²) in [5.41, 5.74) is 0.719. The smallest absolute Gasteiger partial charge is 0.406 e. The molecule has 3 nitrogen and oxygen atoms in total. The van der Waals surface area contributed by atoms with Crippen molar-refractivity contribution in [3.63, 3.8) is 0 Å². The predicted molar refractivity (Wildman–Crippen MR) is 65.0 cm³/mol. The van der Waals surface area contributed by atoms with Gasteiger partial charge in [0.1, 0.15) is 11.2 Å². The first-order valence-corrected chi connectivity index (χ1v) is 6.02. The van der Waals surface area contributed by atoms with Gasteiger partial charge in [-0.1, -0.05) is 11.8 Å². The van der Waals surface area contributed by atoms with Crippen molar-refractivity contribution >= 4 is 17.4 Å². The van der Waals surface area contributed by atoms with Crippen molar-refractivity contribution in [2.24, 2.45) is 0 Å². The molecule has 0 saturated carbocycles. The van der Waals surface area contributed by atoms with E-state index in [0.29, 0.717) is 0 Å². The van der Waals surface area contributed by atoms with Crippen molar-refractivity contribution in [3.8, 4) is 5.75 Å². The molecule has 0 aliphatic carbocycles. The zero-order valence-corrected chi connectivity index (χ0v) is 10.2. The van der Waals surface area contributed by atoms with Gasteiger partial charge in [-0.2, -0.15) is 0 Å². The lowest BCUT2D eigenvalue weighted by molar-refractivity contribution is -0.274. The topological polar surface area (TPSA) is 33.3 Å². The number of halogens is 3. The Morgan fingerprint density at radius 3 is 2.44 bits per heavy atom. The van der Waals surface area contributed by atoms with E-state index in [-0.39, 0.29) is 11.2 Å². The number of rotatable bonds is 3. The molecule has 0 fully saturated rings. The van der Waals surface area contributed by atoms with E-state index in [1.165, 1.54) is 24.3 Å². The first-order valence-electron chi connectivity index (χ1n) is 5.14. The average Bonchev–Trinajstić information content (AvgIpc) is 2.65. The van der Waals surface area contributed by atoms with Crippen molar-refractivity contribution in [2.45, 2.75) is 18.8 Å². The zero-order valence-electron chi connectivity index (χ0n) is 9.41. The molecule has 1 aliphatic heterocycles. The summed E-state index contributed by atoms with van der Waals surface area (Å²) in [6.45, 7) is 1.97. The van der Waals surface area contributed by atoms with E-state index in [9.17, 15) is 13.2 Å². The Bertz CT molecular complexity index is 445. The van der Waals surface area contributed by atoms with Crippen LogP contribution in [0.4, 0.5) is 18.9 Å². The SMILES string of the molecule is CC1=CNC(Nc2ccc(OC(F)(F)F)cc2)S1. The van der Waals surface area contributed by atoms with Crippen LogP contribution in [0.5, 0.6) is 5.75 Å². The molecule has 0 amide bonds. The Hall–Kier alpha value is -1.50. The summed E-state index contributed by atoms with van der Waals surface area (Å²) in [6.07, 6.45) is -2.78. The predicted octanol–water partition coefficient (Wildman–Crippen LogP) is 3.48. The van der Waals surface area contributed by atoms with Crippen LogP contribution in [0.1, 0.15) is 6.92 Å². The number of hydrogen-bond donors (Lipinski definition) is 2. The molecular weight excluding hydrogens is 265 g/mol. The number of thioether (sulfide) groups is 1. The van der Waals surface area contributed by atoms with Gasteiger partial charge in [0, 0.05) is 16.8 Å². The van der Waals surface area contributed by atoms with Gasteiger partial charge in [-0.3, -0.25) is 0 Å². The third kappa shape index (κ3) is 3.76.